The van der Waals surface area contributed by atoms with Gasteiger partial charge in [-0.15, -0.1) is 0 Å². The highest BCUT2D eigenvalue weighted by molar-refractivity contribution is 5.79. The first-order valence-corrected chi connectivity index (χ1v) is 6.32. The van der Waals surface area contributed by atoms with Crippen molar-refractivity contribution in [1.82, 2.24) is 9.80 Å². The van der Waals surface area contributed by atoms with Gasteiger partial charge in [-0.2, -0.15) is 0 Å². The Bertz CT molecular complexity index is 405. The first-order valence-electron chi connectivity index (χ1n) is 6.32. The van der Waals surface area contributed by atoms with E-state index in [1.165, 1.54) is 5.56 Å². The summed E-state index contributed by atoms with van der Waals surface area (Å²) in [5.74, 6) is 0.172. The van der Waals surface area contributed by atoms with Crippen molar-refractivity contribution in [3.05, 3.63) is 35.9 Å². The van der Waals surface area contributed by atoms with Gasteiger partial charge in [-0.05, 0) is 19.7 Å². The second kappa shape index (κ2) is 5.50. The summed E-state index contributed by atoms with van der Waals surface area (Å²) in [7, 11) is 4.08. The van der Waals surface area contributed by atoms with Gasteiger partial charge in [0.2, 0.25) is 5.91 Å². The Kier molecular flexibility index (Phi) is 3.99. The topological polar surface area (TPSA) is 49.6 Å². The lowest BCUT2D eigenvalue weighted by Gasteiger charge is -2.29. The van der Waals surface area contributed by atoms with E-state index in [4.69, 9.17) is 5.73 Å². The van der Waals surface area contributed by atoms with Gasteiger partial charge in [-0.1, -0.05) is 30.3 Å². The fourth-order valence-electron chi connectivity index (χ4n) is 2.43. The van der Waals surface area contributed by atoms with Crippen LogP contribution < -0.4 is 5.73 Å². The third-order valence-corrected chi connectivity index (χ3v) is 3.45. The SMILES string of the molecule is CN(C)C(CN1CC(N)CC1=O)c1ccccc1. The molecule has 4 heteroatoms. The summed E-state index contributed by atoms with van der Waals surface area (Å²) in [5.41, 5.74) is 7.06. The largest absolute Gasteiger partial charge is 0.339 e. The van der Waals surface area contributed by atoms with Crippen LogP contribution in [-0.2, 0) is 4.79 Å². The van der Waals surface area contributed by atoms with Crippen molar-refractivity contribution >= 4 is 5.91 Å². The summed E-state index contributed by atoms with van der Waals surface area (Å²) in [4.78, 5) is 15.8. The van der Waals surface area contributed by atoms with Crippen molar-refractivity contribution in [3.63, 3.8) is 0 Å². The molecule has 2 unspecified atom stereocenters. The molecule has 4 nitrogen and oxygen atoms in total. The Morgan fingerprint density at radius 2 is 2.06 bits per heavy atom. The molecular formula is C14H21N3O. The third kappa shape index (κ3) is 2.89. The van der Waals surface area contributed by atoms with Crippen LogP contribution in [0.5, 0.6) is 0 Å². The van der Waals surface area contributed by atoms with Gasteiger partial charge in [-0.3, -0.25) is 4.79 Å². The van der Waals surface area contributed by atoms with Crippen molar-refractivity contribution in [2.75, 3.05) is 27.2 Å². The lowest BCUT2D eigenvalue weighted by molar-refractivity contribution is -0.128. The molecule has 0 aromatic heterocycles. The number of likely N-dealkylation sites (tertiary alicyclic amines) is 1. The Labute approximate surface area is 108 Å². The molecule has 2 N–H and O–H groups in total. The lowest BCUT2D eigenvalue weighted by Crippen LogP contribution is -2.36. The predicted octanol–water partition coefficient (Wildman–Crippen LogP) is 0.849. The van der Waals surface area contributed by atoms with E-state index in [0.29, 0.717) is 19.5 Å². The molecule has 1 aromatic rings. The second-order valence-electron chi connectivity index (χ2n) is 5.15. The predicted molar refractivity (Wildman–Crippen MR) is 72.0 cm³/mol. The standard InChI is InChI=1S/C14H21N3O/c1-16(2)13(11-6-4-3-5-7-11)10-17-9-12(15)8-14(17)18/h3-7,12-13H,8-10,15H2,1-2H3. The fraction of sp³-hybridized carbons (Fsp3) is 0.500. The highest BCUT2D eigenvalue weighted by atomic mass is 16.2. The summed E-state index contributed by atoms with van der Waals surface area (Å²) in [6.07, 6.45) is 0.481. The number of benzene rings is 1. The molecule has 1 fully saturated rings. The molecule has 1 aliphatic rings. The van der Waals surface area contributed by atoms with E-state index in [-0.39, 0.29) is 18.0 Å². The number of rotatable bonds is 4. The zero-order valence-corrected chi connectivity index (χ0v) is 11.0. The maximum atomic E-state index is 11.8. The molecule has 1 aromatic carbocycles. The van der Waals surface area contributed by atoms with Crippen LogP contribution in [-0.4, -0.2) is 48.9 Å². The van der Waals surface area contributed by atoms with Gasteiger partial charge in [-0.25, -0.2) is 0 Å². The van der Waals surface area contributed by atoms with Gasteiger partial charge < -0.3 is 15.5 Å². The fourth-order valence-corrected chi connectivity index (χ4v) is 2.43. The Morgan fingerprint density at radius 3 is 2.56 bits per heavy atom. The minimum atomic E-state index is -0.00362. The summed E-state index contributed by atoms with van der Waals surface area (Å²) in [6, 6.07) is 10.5. The normalized spacial score (nSPS) is 21.7. The number of nitrogens with zero attached hydrogens (tertiary/aromatic N) is 2. The number of carbonyl (C=O) groups excluding carboxylic acids is 1. The van der Waals surface area contributed by atoms with E-state index < -0.39 is 0 Å². The Balaban J connectivity index is 2.10. The summed E-state index contributed by atoms with van der Waals surface area (Å²) in [5, 5.41) is 0. The van der Waals surface area contributed by atoms with Gasteiger partial charge in [0.1, 0.15) is 0 Å². The summed E-state index contributed by atoms with van der Waals surface area (Å²) >= 11 is 0. The molecule has 2 atom stereocenters. The van der Waals surface area contributed by atoms with E-state index >= 15 is 0 Å². The molecule has 0 saturated carbocycles. The molecule has 18 heavy (non-hydrogen) atoms. The Morgan fingerprint density at radius 1 is 1.39 bits per heavy atom. The van der Waals surface area contributed by atoms with Crippen molar-refractivity contribution in [2.24, 2.45) is 5.73 Å². The van der Waals surface area contributed by atoms with Crippen LogP contribution >= 0.6 is 0 Å². The third-order valence-electron chi connectivity index (χ3n) is 3.45. The smallest absolute Gasteiger partial charge is 0.224 e. The number of carbonyl (C=O) groups is 1. The highest BCUT2D eigenvalue weighted by Gasteiger charge is 2.29. The van der Waals surface area contributed by atoms with Crippen molar-refractivity contribution in [1.29, 1.82) is 0 Å². The van der Waals surface area contributed by atoms with E-state index in [1.54, 1.807) is 0 Å². The molecule has 1 saturated heterocycles. The van der Waals surface area contributed by atoms with E-state index in [0.717, 1.165) is 0 Å². The van der Waals surface area contributed by atoms with Crippen LogP contribution in [0.15, 0.2) is 30.3 Å². The molecule has 0 bridgehead atoms. The minimum Gasteiger partial charge on any atom is -0.339 e. The maximum absolute atomic E-state index is 11.8. The number of amides is 1. The quantitative estimate of drug-likeness (QED) is 0.858. The van der Waals surface area contributed by atoms with Gasteiger partial charge in [0, 0.05) is 25.6 Å². The zero-order valence-electron chi connectivity index (χ0n) is 11.0. The summed E-state index contributed by atoms with van der Waals surface area (Å²) in [6.45, 7) is 1.39. The lowest BCUT2D eigenvalue weighted by atomic mass is 10.1. The highest BCUT2D eigenvalue weighted by Crippen LogP contribution is 2.21. The van der Waals surface area contributed by atoms with Crippen molar-refractivity contribution < 1.29 is 4.79 Å². The van der Waals surface area contributed by atoms with Crippen molar-refractivity contribution in [3.8, 4) is 0 Å². The number of hydrogen-bond acceptors (Lipinski definition) is 3. The first-order chi connectivity index (χ1) is 8.58. The molecule has 0 spiro atoms. The first kappa shape index (κ1) is 13.1. The van der Waals surface area contributed by atoms with Crippen LogP contribution in [0.4, 0.5) is 0 Å². The number of nitrogens with two attached hydrogens (primary N) is 1. The number of likely N-dealkylation sites (N-methyl/N-ethyl adjacent to an activating group) is 1. The Hall–Kier alpha value is -1.39. The molecule has 2 rings (SSSR count). The molecule has 1 aliphatic heterocycles. The van der Waals surface area contributed by atoms with E-state index in [1.807, 2.05) is 37.2 Å². The molecule has 98 valence electrons. The van der Waals surface area contributed by atoms with Crippen LogP contribution in [0.1, 0.15) is 18.0 Å². The maximum Gasteiger partial charge on any atom is 0.224 e. The van der Waals surface area contributed by atoms with Crippen LogP contribution in [0.25, 0.3) is 0 Å². The van der Waals surface area contributed by atoms with Crippen LogP contribution in [0, 0.1) is 0 Å². The molecule has 0 aliphatic carbocycles. The molecule has 0 radical (unpaired) electrons. The number of hydrogen-bond donors (Lipinski definition) is 1. The average molecular weight is 247 g/mol. The monoisotopic (exact) mass is 247 g/mol. The van der Waals surface area contributed by atoms with Crippen molar-refractivity contribution in [2.45, 2.75) is 18.5 Å². The summed E-state index contributed by atoms with van der Waals surface area (Å²) < 4.78 is 0. The molecule has 1 heterocycles. The zero-order chi connectivity index (χ0) is 13.1. The van der Waals surface area contributed by atoms with E-state index in [2.05, 4.69) is 17.0 Å². The van der Waals surface area contributed by atoms with E-state index in [9.17, 15) is 4.79 Å². The van der Waals surface area contributed by atoms with Crippen LogP contribution in [0.3, 0.4) is 0 Å². The van der Waals surface area contributed by atoms with Gasteiger partial charge in [0.05, 0.1) is 6.04 Å². The van der Waals surface area contributed by atoms with Gasteiger partial charge in [0.15, 0.2) is 0 Å². The minimum absolute atomic E-state index is 0.00362. The molecular weight excluding hydrogens is 226 g/mol. The second-order valence-corrected chi connectivity index (χ2v) is 5.15. The van der Waals surface area contributed by atoms with Crippen LogP contribution in [0.2, 0.25) is 0 Å². The van der Waals surface area contributed by atoms with Gasteiger partial charge >= 0.3 is 0 Å². The van der Waals surface area contributed by atoms with Gasteiger partial charge in [0.25, 0.3) is 0 Å². The average Bonchev–Trinajstić information content (AvgIpc) is 2.65. The molecule has 1 amide bonds.